The van der Waals surface area contributed by atoms with E-state index in [1.807, 2.05) is 45.0 Å². The minimum atomic E-state index is -2.40. The van der Waals surface area contributed by atoms with Crippen LogP contribution in [0.4, 0.5) is 8.78 Å². The number of methoxy groups -OCH3 is 1. The molecule has 4 nitrogen and oxygen atoms in total. The summed E-state index contributed by atoms with van der Waals surface area (Å²) in [7, 11) is 1.65. The zero-order chi connectivity index (χ0) is 18.9. The summed E-state index contributed by atoms with van der Waals surface area (Å²) in [5.74, 6) is -0.230. The molecule has 1 aromatic rings. The van der Waals surface area contributed by atoms with Gasteiger partial charge in [0.2, 0.25) is 12.3 Å². The third-order valence-electron chi connectivity index (χ3n) is 3.64. The molecule has 0 saturated carbocycles. The van der Waals surface area contributed by atoms with Crippen LogP contribution in [0.3, 0.4) is 0 Å². The molecule has 1 atom stereocenters. The highest BCUT2D eigenvalue weighted by Crippen LogP contribution is 2.11. The Bertz CT molecular complexity index is 513. The summed E-state index contributed by atoms with van der Waals surface area (Å²) >= 11 is 0. The lowest BCUT2D eigenvalue weighted by atomic mass is 10.0. The van der Waals surface area contributed by atoms with E-state index in [-0.39, 0.29) is 24.3 Å². The van der Waals surface area contributed by atoms with E-state index in [1.165, 1.54) is 0 Å². The first-order valence-electron chi connectivity index (χ1n) is 8.61. The van der Waals surface area contributed by atoms with Crippen molar-refractivity contribution in [3.8, 4) is 0 Å². The summed E-state index contributed by atoms with van der Waals surface area (Å²) < 4.78 is 30.0. The zero-order valence-corrected chi connectivity index (χ0v) is 15.6. The summed E-state index contributed by atoms with van der Waals surface area (Å²) in [5.41, 5.74) is 1.88. The van der Waals surface area contributed by atoms with Gasteiger partial charge in [0, 0.05) is 25.6 Å². The van der Waals surface area contributed by atoms with E-state index < -0.39 is 12.5 Å². The van der Waals surface area contributed by atoms with Gasteiger partial charge in [0.25, 0.3) is 0 Å². The second-order valence-corrected chi connectivity index (χ2v) is 7.21. The van der Waals surface area contributed by atoms with Crippen molar-refractivity contribution in [3.05, 3.63) is 35.4 Å². The molecule has 142 valence electrons. The van der Waals surface area contributed by atoms with Gasteiger partial charge in [-0.1, -0.05) is 24.3 Å². The van der Waals surface area contributed by atoms with Crippen molar-refractivity contribution in [2.45, 2.75) is 64.6 Å². The van der Waals surface area contributed by atoms with E-state index in [0.717, 1.165) is 11.1 Å². The van der Waals surface area contributed by atoms with E-state index in [9.17, 15) is 13.6 Å². The van der Waals surface area contributed by atoms with Gasteiger partial charge in [0.05, 0.1) is 12.6 Å². The standard InChI is InChI=1S/C19H30F2N2O2/c1-19(2,3)23-16(9-10-17(20)21)18(24)22-12-11-14-5-7-15(8-6-14)13-25-4/h5-8,16-17,23H,9-13H2,1-4H3,(H,22,24). The van der Waals surface area contributed by atoms with Crippen LogP contribution in [0.1, 0.15) is 44.7 Å². The second-order valence-electron chi connectivity index (χ2n) is 7.21. The van der Waals surface area contributed by atoms with Crippen LogP contribution < -0.4 is 10.6 Å². The van der Waals surface area contributed by atoms with Crippen molar-refractivity contribution >= 4 is 5.91 Å². The number of carbonyl (C=O) groups excluding carboxylic acids is 1. The van der Waals surface area contributed by atoms with Crippen molar-refractivity contribution < 1.29 is 18.3 Å². The van der Waals surface area contributed by atoms with Crippen LogP contribution >= 0.6 is 0 Å². The fourth-order valence-electron chi connectivity index (χ4n) is 2.51. The molecule has 0 aliphatic carbocycles. The molecule has 0 saturated heterocycles. The Labute approximate surface area is 149 Å². The van der Waals surface area contributed by atoms with Gasteiger partial charge in [0.15, 0.2) is 0 Å². The number of ether oxygens (including phenoxy) is 1. The maximum atomic E-state index is 12.5. The molecule has 0 spiro atoms. The number of rotatable bonds is 10. The quantitative estimate of drug-likeness (QED) is 0.676. The van der Waals surface area contributed by atoms with Crippen LogP contribution in [0.5, 0.6) is 0 Å². The first-order chi connectivity index (χ1) is 11.7. The fourth-order valence-corrected chi connectivity index (χ4v) is 2.51. The van der Waals surface area contributed by atoms with Crippen LogP contribution in [0.15, 0.2) is 24.3 Å². The highest BCUT2D eigenvalue weighted by molar-refractivity contribution is 5.81. The highest BCUT2D eigenvalue weighted by Gasteiger charge is 2.24. The van der Waals surface area contributed by atoms with E-state index in [4.69, 9.17) is 4.74 Å². The van der Waals surface area contributed by atoms with E-state index >= 15 is 0 Å². The van der Waals surface area contributed by atoms with E-state index in [0.29, 0.717) is 19.6 Å². The first-order valence-corrected chi connectivity index (χ1v) is 8.61. The average Bonchev–Trinajstić information content (AvgIpc) is 2.52. The Hall–Kier alpha value is -1.53. The molecule has 0 radical (unpaired) electrons. The number of benzene rings is 1. The molecule has 0 heterocycles. The summed E-state index contributed by atoms with van der Waals surface area (Å²) in [4.78, 5) is 12.3. The Balaban J connectivity index is 2.49. The number of hydrogen-bond acceptors (Lipinski definition) is 3. The predicted molar refractivity (Wildman–Crippen MR) is 95.8 cm³/mol. The smallest absolute Gasteiger partial charge is 0.238 e. The third-order valence-corrected chi connectivity index (χ3v) is 3.64. The molecule has 0 aliphatic rings. The Morgan fingerprint density at radius 2 is 1.72 bits per heavy atom. The van der Waals surface area contributed by atoms with Gasteiger partial charge in [-0.15, -0.1) is 0 Å². The molecule has 25 heavy (non-hydrogen) atoms. The maximum Gasteiger partial charge on any atom is 0.238 e. The lowest BCUT2D eigenvalue weighted by Gasteiger charge is -2.28. The molecule has 0 aliphatic heterocycles. The van der Waals surface area contributed by atoms with Gasteiger partial charge in [0.1, 0.15) is 0 Å². The zero-order valence-electron chi connectivity index (χ0n) is 15.6. The molecule has 2 N–H and O–H groups in total. The summed E-state index contributed by atoms with van der Waals surface area (Å²) in [6.45, 7) is 6.78. The summed E-state index contributed by atoms with van der Waals surface area (Å²) in [6.07, 6.45) is -1.88. The van der Waals surface area contributed by atoms with Crippen molar-refractivity contribution in [2.75, 3.05) is 13.7 Å². The van der Waals surface area contributed by atoms with Crippen LogP contribution in [0.25, 0.3) is 0 Å². The van der Waals surface area contributed by atoms with Crippen molar-refractivity contribution in [1.82, 2.24) is 10.6 Å². The summed E-state index contributed by atoms with van der Waals surface area (Å²) in [5, 5.41) is 5.97. The van der Waals surface area contributed by atoms with Crippen molar-refractivity contribution in [2.24, 2.45) is 0 Å². The predicted octanol–water partition coefficient (Wildman–Crippen LogP) is 3.29. The normalized spacial score (nSPS) is 13.1. The second kappa shape index (κ2) is 10.5. The number of halogens is 2. The van der Waals surface area contributed by atoms with Crippen molar-refractivity contribution in [1.29, 1.82) is 0 Å². The lowest BCUT2D eigenvalue weighted by Crippen LogP contribution is -2.52. The van der Waals surface area contributed by atoms with Gasteiger partial charge < -0.3 is 15.4 Å². The fraction of sp³-hybridized carbons (Fsp3) is 0.632. The molecule has 1 amide bonds. The third kappa shape index (κ3) is 9.51. The Kier molecular flexibility index (Phi) is 9.00. The van der Waals surface area contributed by atoms with Crippen LogP contribution in [0.2, 0.25) is 0 Å². The van der Waals surface area contributed by atoms with Gasteiger partial charge in [-0.05, 0) is 44.7 Å². The topological polar surface area (TPSA) is 50.4 Å². The minimum absolute atomic E-state index is 0.118. The number of nitrogens with one attached hydrogen (secondary N) is 2. The molecule has 0 aromatic heterocycles. The maximum absolute atomic E-state index is 12.5. The molecule has 1 aromatic carbocycles. The van der Waals surface area contributed by atoms with Crippen LogP contribution in [-0.4, -0.2) is 37.6 Å². The molecule has 0 fully saturated rings. The minimum Gasteiger partial charge on any atom is -0.380 e. The van der Waals surface area contributed by atoms with Crippen LogP contribution in [-0.2, 0) is 22.6 Å². The Morgan fingerprint density at radius 3 is 2.24 bits per heavy atom. The number of hydrogen-bond donors (Lipinski definition) is 2. The van der Waals surface area contributed by atoms with E-state index in [2.05, 4.69) is 10.6 Å². The number of amides is 1. The molecule has 1 rings (SSSR count). The van der Waals surface area contributed by atoms with Gasteiger partial charge in [-0.25, -0.2) is 8.78 Å². The first kappa shape index (κ1) is 21.5. The average molecular weight is 356 g/mol. The van der Waals surface area contributed by atoms with Gasteiger partial charge in [-0.3, -0.25) is 4.79 Å². The monoisotopic (exact) mass is 356 g/mol. The van der Waals surface area contributed by atoms with Crippen molar-refractivity contribution in [3.63, 3.8) is 0 Å². The molecule has 0 bridgehead atoms. The lowest BCUT2D eigenvalue weighted by molar-refractivity contribution is -0.123. The Morgan fingerprint density at radius 1 is 1.12 bits per heavy atom. The SMILES string of the molecule is COCc1ccc(CCNC(=O)C(CCC(F)F)NC(C)(C)C)cc1. The van der Waals surface area contributed by atoms with E-state index in [1.54, 1.807) is 7.11 Å². The highest BCUT2D eigenvalue weighted by atomic mass is 19.3. The molecular formula is C19H30F2N2O2. The van der Waals surface area contributed by atoms with Gasteiger partial charge >= 0.3 is 0 Å². The summed E-state index contributed by atoms with van der Waals surface area (Å²) in [6, 6.07) is 7.38. The molecular weight excluding hydrogens is 326 g/mol. The molecule has 1 unspecified atom stereocenters. The number of alkyl halides is 2. The number of carbonyl (C=O) groups is 1. The largest absolute Gasteiger partial charge is 0.380 e. The van der Waals surface area contributed by atoms with Gasteiger partial charge in [-0.2, -0.15) is 0 Å². The van der Waals surface area contributed by atoms with Crippen LogP contribution in [0, 0.1) is 0 Å². The molecule has 6 heteroatoms.